The molecule has 26 heavy (non-hydrogen) atoms. The lowest BCUT2D eigenvalue weighted by Crippen LogP contribution is -2.19. The number of H-pyrrole nitrogens is 1. The maximum Gasteiger partial charge on any atom is 0.289 e. The van der Waals surface area contributed by atoms with Gasteiger partial charge in [0.2, 0.25) is 0 Å². The third-order valence-corrected chi connectivity index (χ3v) is 4.89. The van der Waals surface area contributed by atoms with E-state index in [1.54, 1.807) is 24.3 Å². The van der Waals surface area contributed by atoms with Crippen molar-refractivity contribution in [3.05, 3.63) is 74.3 Å². The quantitative estimate of drug-likeness (QED) is 0.417. The summed E-state index contributed by atoms with van der Waals surface area (Å²) in [7, 11) is 0. The number of benzene rings is 2. The normalized spacial score (nSPS) is 11.5. The standard InChI is InChI=1S/C18H13BrCl2N4O/c1-10(11-2-5-13(19)6-3-11)22-25-18(26)17-9-16(23-24-17)12-4-7-14(20)15(21)8-12/h2-9H,1H3,(H,23,24)(H,25,26)/b22-10-. The van der Waals surface area contributed by atoms with Crippen LogP contribution in [0.3, 0.4) is 0 Å². The van der Waals surface area contributed by atoms with Gasteiger partial charge in [0.05, 0.1) is 21.5 Å². The zero-order chi connectivity index (χ0) is 18.7. The fraction of sp³-hybridized carbons (Fsp3) is 0.0556. The van der Waals surface area contributed by atoms with Gasteiger partial charge in [0.15, 0.2) is 0 Å². The Morgan fingerprint density at radius 3 is 2.54 bits per heavy atom. The van der Waals surface area contributed by atoms with Crippen molar-refractivity contribution < 1.29 is 4.79 Å². The number of hydrazone groups is 1. The van der Waals surface area contributed by atoms with Gasteiger partial charge < -0.3 is 0 Å². The molecule has 1 heterocycles. The van der Waals surface area contributed by atoms with Crippen molar-refractivity contribution in [2.75, 3.05) is 0 Å². The number of nitrogens with zero attached hydrogens (tertiary/aromatic N) is 2. The molecule has 0 unspecified atom stereocenters. The van der Waals surface area contributed by atoms with Gasteiger partial charge in [0.1, 0.15) is 5.69 Å². The van der Waals surface area contributed by atoms with E-state index in [-0.39, 0.29) is 5.91 Å². The van der Waals surface area contributed by atoms with Crippen molar-refractivity contribution in [2.45, 2.75) is 6.92 Å². The molecule has 132 valence electrons. The number of amides is 1. The maximum absolute atomic E-state index is 12.3. The topological polar surface area (TPSA) is 70.1 Å². The highest BCUT2D eigenvalue weighted by molar-refractivity contribution is 9.10. The second-order valence-electron chi connectivity index (χ2n) is 5.44. The van der Waals surface area contributed by atoms with Crippen LogP contribution in [0.5, 0.6) is 0 Å². The lowest BCUT2D eigenvalue weighted by molar-refractivity contribution is 0.0950. The molecule has 0 fully saturated rings. The predicted molar refractivity (Wildman–Crippen MR) is 108 cm³/mol. The fourth-order valence-corrected chi connectivity index (χ4v) is 2.75. The SMILES string of the molecule is C/C(=N/NC(=O)c1cc(-c2ccc(Cl)c(Cl)c2)n[nH]1)c1ccc(Br)cc1. The summed E-state index contributed by atoms with van der Waals surface area (Å²) in [5.41, 5.74) is 5.75. The van der Waals surface area contributed by atoms with Gasteiger partial charge in [0.25, 0.3) is 5.91 Å². The Balaban J connectivity index is 1.72. The molecule has 0 spiro atoms. The Morgan fingerprint density at radius 1 is 1.12 bits per heavy atom. The average molecular weight is 452 g/mol. The monoisotopic (exact) mass is 450 g/mol. The average Bonchev–Trinajstić information content (AvgIpc) is 3.12. The van der Waals surface area contributed by atoms with Crippen molar-refractivity contribution in [3.63, 3.8) is 0 Å². The molecular formula is C18H13BrCl2N4O. The Labute approximate surface area is 168 Å². The number of hydrogen-bond acceptors (Lipinski definition) is 3. The molecule has 2 aromatic carbocycles. The first kappa shape index (κ1) is 18.6. The third kappa shape index (κ3) is 4.33. The number of carbonyl (C=O) groups is 1. The minimum absolute atomic E-state index is 0.290. The molecule has 0 bridgehead atoms. The zero-order valence-corrected chi connectivity index (χ0v) is 16.7. The van der Waals surface area contributed by atoms with Gasteiger partial charge in [-0.25, -0.2) is 5.43 Å². The lowest BCUT2D eigenvalue weighted by Gasteiger charge is -2.02. The summed E-state index contributed by atoms with van der Waals surface area (Å²) in [4.78, 5) is 12.3. The van der Waals surface area contributed by atoms with Crippen LogP contribution in [-0.2, 0) is 0 Å². The highest BCUT2D eigenvalue weighted by Crippen LogP contribution is 2.27. The van der Waals surface area contributed by atoms with Gasteiger partial charge in [-0.1, -0.05) is 57.3 Å². The third-order valence-electron chi connectivity index (χ3n) is 3.63. The smallest absolute Gasteiger partial charge is 0.272 e. The Morgan fingerprint density at radius 2 is 1.85 bits per heavy atom. The molecular weight excluding hydrogens is 439 g/mol. The molecule has 2 N–H and O–H groups in total. The second kappa shape index (κ2) is 8.03. The van der Waals surface area contributed by atoms with E-state index in [9.17, 15) is 4.79 Å². The molecule has 0 aliphatic rings. The summed E-state index contributed by atoms with van der Waals surface area (Å²) in [6.07, 6.45) is 0. The molecule has 0 saturated heterocycles. The molecule has 0 aliphatic heterocycles. The van der Waals surface area contributed by atoms with Crippen LogP contribution in [0.1, 0.15) is 23.0 Å². The predicted octanol–water partition coefficient (Wildman–Crippen LogP) is 5.30. The molecule has 0 saturated carbocycles. The second-order valence-corrected chi connectivity index (χ2v) is 7.17. The van der Waals surface area contributed by atoms with E-state index in [1.165, 1.54) is 0 Å². The summed E-state index contributed by atoms with van der Waals surface area (Å²) in [6, 6.07) is 14.4. The van der Waals surface area contributed by atoms with Gasteiger partial charge in [0, 0.05) is 10.0 Å². The van der Waals surface area contributed by atoms with Crippen molar-refractivity contribution in [1.29, 1.82) is 0 Å². The Hall–Kier alpha value is -2.15. The van der Waals surface area contributed by atoms with E-state index < -0.39 is 0 Å². The van der Waals surface area contributed by atoms with Crippen molar-refractivity contribution in [1.82, 2.24) is 15.6 Å². The van der Waals surface area contributed by atoms with Crippen LogP contribution in [0.15, 0.2) is 58.1 Å². The van der Waals surface area contributed by atoms with Crippen LogP contribution in [-0.4, -0.2) is 21.8 Å². The van der Waals surface area contributed by atoms with Crippen LogP contribution in [0, 0.1) is 0 Å². The number of carbonyl (C=O) groups excluding carboxylic acids is 1. The van der Waals surface area contributed by atoms with E-state index in [4.69, 9.17) is 23.2 Å². The minimum Gasteiger partial charge on any atom is -0.272 e. The van der Waals surface area contributed by atoms with Crippen LogP contribution < -0.4 is 5.43 Å². The van der Waals surface area contributed by atoms with Gasteiger partial charge in [-0.2, -0.15) is 10.2 Å². The first-order valence-electron chi connectivity index (χ1n) is 7.55. The van der Waals surface area contributed by atoms with Crippen molar-refractivity contribution in [2.24, 2.45) is 5.10 Å². The summed E-state index contributed by atoms with van der Waals surface area (Å²) in [6.45, 7) is 1.82. The maximum atomic E-state index is 12.3. The number of aromatic amines is 1. The van der Waals surface area contributed by atoms with E-state index in [0.29, 0.717) is 27.1 Å². The first-order chi connectivity index (χ1) is 12.4. The Kier molecular flexibility index (Phi) is 5.76. The highest BCUT2D eigenvalue weighted by Gasteiger charge is 2.12. The van der Waals surface area contributed by atoms with Gasteiger partial charge in [-0.3, -0.25) is 9.89 Å². The van der Waals surface area contributed by atoms with Crippen LogP contribution in [0.4, 0.5) is 0 Å². The van der Waals surface area contributed by atoms with Gasteiger partial charge >= 0.3 is 0 Å². The van der Waals surface area contributed by atoms with Crippen LogP contribution in [0.25, 0.3) is 11.3 Å². The summed E-state index contributed by atoms with van der Waals surface area (Å²) >= 11 is 15.3. The molecule has 8 heteroatoms. The van der Waals surface area contributed by atoms with E-state index >= 15 is 0 Å². The Bertz CT molecular complexity index is 983. The number of rotatable bonds is 4. The summed E-state index contributed by atoms with van der Waals surface area (Å²) in [5.74, 6) is -0.389. The first-order valence-corrected chi connectivity index (χ1v) is 9.10. The summed E-state index contributed by atoms with van der Waals surface area (Å²) in [5, 5.41) is 11.8. The van der Waals surface area contributed by atoms with Crippen molar-refractivity contribution in [3.8, 4) is 11.3 Å². The minimum atomic E-state index is -0.389. The van der Waals surface area contributed by atoms with E-state index in [0.717, 1.165) is 15.6 Å². The number of aromatic nitrogens is 2. The van der Waals surface area contributed by atoms with Crippen LogP contribution >= 0.6 is 39.1 Å². The zero-order valence-electron chi connectivity index (χ0n) is 13.6. The molecule has 3 rings (SSSR count). The molecule has 1 aromatic heterocycles. The molecule has 1 amide bonds. The highest BCUT2D eigenvalue weighted by atomic mass is 79.9. The molecule has 5 nitrogen and oxygen atoms in total. The lowest BCUT2D eigenvalue weighted by atomic mass is 10.1. The largest absolute Gasteiger partial charge is 0.289 e. The van der Waals surface area contributed by atoms with E-state index in [2.05, 4.69) is 36.7 Å². The van der Waals surface area contributed by atoms with Crippen LogP contribution in [0.2, 0.25) is 10.0 Å². The molecule has 3 aromatic rings. The van der Waals surface area contributed by atoms with Gasteiger partial charge in [-0.15, -0.1) is 0 Å². The van der Waals surface area contributed by atoms with Gasteiger partial charge in [-0.05, 0) is 42.8 Å². The number of halogens is 3. The number of nitrogens with one attached hydrogen (secondary N) is 2. The summed E-state index contributed by atoms with van der Waals surface area (Å²) < 4.78 is 0.977. The molecule has 0 atom stereocenters. The van der Waals surface area contributed by atoms with Crippen molar-refractivity contribution >= 4 is 50.8 Å². The fourth-order valence-electron chi connectivity index (χ4n) is 2.19. The number of hydrogen-bond donors (Lipinski definition) is 2. The van der Waals surface area contributed by atoms with E-state index in [1.807, 2.05) is 31.2 Å². The molecule has 0 radical (unpaired) electrons. The molecule has 0 aliphatic carbocycles.